The van der Waals surface area contributed by atoms with Crippen LogP contribution in [0, 0.1) is 6.92 Å². The molecule has 31 heavy (non-hydrogen) atoms. The molecule has 3 rings (SSSR count). The van der Waals surface area contributed by atoms with Crippen molar-refractivity contribution in [1.82, 2.24) is 10.2 Å². The Morgan fingerprint density at radius 1 is 1.13 bits per heavy atom. The molecule has 2 aromatic carbocycles. The van der Waals surface area contributed by atoms with Crippen LogP contribution < -0.4 is 15.4 Å². The van der Waals surface area contributed by atoms with Gasteiger partial charge in [-0.2, -0.15) is 0 Å². The van der Waals surface area contributed by atoms with Gasteiger partial charge in [-0.15, -0.1) is 0 Å². The fourth-order valence-electron chi connectivity index (χ4n) is 3.76. The Morgan fingerprint density at radius 2 is 1.77 bits per heavy atom. The fourth-order valence-corrected chi connectivity index (χ4v) is 4.44. The Balaban J connectivity index is 1.46. The number of rotatable bonds is 7. The minimum Gasteiger partial charge on any atom is -0.369 e. The number of aryl methyl sites for hydroxylation is 1. The number of nitrogens with two attached hydrogens (primary N) is 1. The molecule has 1 atom stereocenters. The summed E-state index contributed by atoms with van der Waals surface area (Å²) in [5.74, 6) is -0.00598. The smallest absolute Gasteiger partial charge is 0.238 e. The highest BCUT2D eigenvalue weighted by molar-refractivity contribution is 7.89. The Morgan fingerprint density at radius 3 is 2.39 bits per heavy atom. The third kappa shape index (κ3) is 6.20. The van der Waals surface area contributed by atoms with E-state index in [1.165, 1.54) is 17.7 Å². The first-order chi connectivity index (χ1) is 14.6. The lowest BCUT2D eigenvalue weighted by Crippen LogP contribution is -2.54. The summed E-state index contributed by atoms with van der Waals surface area (Å²) < 4.78 is 22.6. The van der Waals surface area contributed by atoms with Gasteiger partial charge in [-0.1, -0.05) is 29.8 Å². The van der Waals surface area contributed by atoms with E-state index >= 15 is 0 Å². The van der Waals surface area contributed by atoms with Crippen LogP contribution in [-0.2, 0) is 21.2 Å². The van der Waals surface area contributed by atoms with Gasteiger partial charge in [-0.05, 0) is 55.7 Å². The number of sulfonamides is 1. The van der Waals surface area contributed by atoms with Crippen molar-refractivity contribution in [2.75, 3.05) is 37.6 Å². The fraction of sp³-hybridized carbons (Fsp3) is 0.409. The second kappa shape index (κ2) is 9.99. The van der Waals surface area contributed by atoms with E-state index in [4.69, 9.17) is 16.7 Å². The van der Waals surface area contributed by atoms with Crippen molar-refractivity contribution in [2.45, 2.75) is 31.2 Å². The standard InChI is InChI=1S/C22H29ClN4O3S/c1-16-3-6-19(23)15-21(16)27-13-11-26(12-14-27)17(2)22(28)25-10-9-18-4-7-20(8-5-18)31(24,29)30/h3-8,15,17H,9-14H2,1-2H3,(H,25,28)(H2,24,29,30). The summed E-state index contributed by atoms with van der Waals surface area (Å²) in [6.45, 7) is 7.78. The van der Waals surface area contributed by atoms with E-state index in [9.17, 15) is 13.2 Å². The molecule has 0 spiro atoms. The van der Waals surface area contributed by atoms with Gasteiger partial charge in [0.25, 0.3) is 0 Å². The monoisotopic (exact) mass is 464 g/mol. The molecule has 1 aliphatic heterocycles. The van der Waals surface area contributed by atoms with E-state index in [0.717, 1.165) is 42.5 Å². The summed E-state index contributed by atoms with van der Waals surface area (Å²) in [5, 5.41) is 8.82. The maximum absolute atomic E-state index is 12.6. The lowest BCUT2D eigenvalue weighted by atomic mass is 10.1. The number of piperazine rings is 1. The second-order valence-electron chi connectivity index (χ2n) is 7.86. The summed E-state index contributed by atoms with van der Waals surface area (Å²) in [6, 6.07) is 12.1. The van der Waals surface area contributed by atoms with Crippen molar-refractivity contribution < 1.29 is 13.2 Å². The minimum atomic E-state index is -3.69. The first-order valence-electron chi connectivity index (χ1n) is 10.3. The molecule has 0 bridgehead atoms. The summed E-state index contributed by atoms with van der Waals surface area (Å²) in [4.78, 5) is 17.2. The first-order valence-corrected chi connectivity index (χ1v) is 12.2. The van der Waals surface area contributed by atoms with E-state index in [2.05, 4.69) is 22.0 Å². The molecule has 0 aliphatic carbocycles. The zero-order valence-electron chi connectivity index (χ0n) is 17.8. The topological polar surface area (TPSA) is 95.7 Å². The zero-order valence-corrected chi connectivity index (χ0v) is 19.4. The second-order valence-corrected chi connectivity index (χ2v) is 9.86. The summed E-state index contributed by atoms with van der Waals surface area (Å²) in [5.41, 5.74) is 3.28. The highest BCUT2D eigenvalue weighted by atomic mass is 35.5. The summed E-state index contributed by atoms with van der Waals surface area (Å²) >= 11 is 6.15. The van der Waals surface area contributed by atoms with Crippen molar-refractivity contribution in [3.8, 4) is 0 Å². The molecule has 1 amide bonds. The van der Waals surface area contributed by atoms with E-state index in [1.807, 2.05) is 25.1 Å². The molecule has 1 fully saturated rings. The SMILES string of the molecule is Cc1ccc(Cl)cc1N1CCN(C(C)C(=O)NCCc2ccc(S(N)(=O)=O)cc2)CC1. The molecule has 1 heterocycles. The largest absolute Gasteiger partial charge is 0.369 e. The number of anilines is 1. The molecule has 1 unspecified atom stereocenters. The number of nitrogens with zero attached hydrogens (tertiary/aromatic N) is 2. The Kier molecular flexibility index (Phi) is 7.59. The molecular formula is C22H29ClN4O3S. The van der Waals surface area contributed by atoms with Gasteiger partial charge >= 0.3 is 0 Å². The predicted molar refractivity (Wildman–Crippen MR) is 124 cm³/mol. The maximum Gasteiger partial charge on any atom is 0.238 e. The van der Waals surface area contributed by atoms with E-state index in [1.54, 1.807) is 12.1 Å². The van der Waals surface area contributed by atoms with Crippen molar-refractivity contribution in [1.29, 1.82) is 0 Å². The molecule has 2 aromatic rings. The molecule has 7 nitrogen and oxygen atoms in total. The van der Waals surface area contributed by atoms with Gasteiger partial charge in [0.05, 0.1) is 10.9 Å². The van der Waals surface area contributed by atoms with Crippen molar-refractivity contribution in [2.24, 2.45) is 5.14 Å². The maximum atomic E-state index is 12.6. The number of halogens is 1. The van der Waals surface area contributed by atoms with Crippen LogP contribution in [0.1, 0.15) is 18.1 Å². The van der Waals surface area contributed by atoms with E-state index in [0.29, 0.717) is 13.0 Å². The van der Waals surface area contributed by atoms with Crippen molar-refractivity contribution in [3.63, 3.8) is 0 Å². The molecule has 9 heteroatoms. The van der Waals surface area contributed by atoms with Crippen LogP contribution >= 0.6 is 11.6 Å². The quantitative estimate of drug-likeness (QED) is 0.654. The molecule has 0 radical (unpaired) electrons. The number of primary sulfonamides is 1. The zero-order chi connectivity index (χ0) is 22.6. The highest BCUT2D eigenvalue weighted by Gasteiger charge is 2.26. The Labute approximate surface area is 189 Å². The molecule has 3 N–H and O–H groups in total. The van der Waals surface area contributed by atoms with Gasteiger partial charge in [0, 0.05) is 43.4 Å². The highest BCUT2D eigenvalue weighted by Crippen LogP contribution is 2.25. The third-order valence-electron chi connectivity index (χ3n) is 5.72. The number of carbonyl (C=O) groups excluding carboxylic acids is 1. The van der Waals surface area contributed by atoms with Gasteiger partial charge in [0.15, 0.2) is 0 Å². The van der Waals surface area contributed by atoms with Gasteiger partial charge in [0.2, 0.25) is 15.9 Å². The third-order valence-corrected chi connectivity index (χ3v) is 6.88. The summed E-state index contributed by atoms with van der Waals surface area (Å²) in [7, 11) is -3.69. The van der Waals surface area contributed by atoms with Crippen molar-refractivity contribution >= 4 is 33.2 Å². The average Bonchev–Trinajstić information content (AvgIpc) is 2.74. The van der Waals surface area contributed by atoms with E-state index in [-0.39, 0.29) is 16.8 Å². The van der Waals surface area contributed by atoms with Crippen molar-refractivity contribution in [3.05, 3.63) is 58.6 Å². The van der Waals surface area contributed by atoms with Gasteiger partial charge in [-0.25, -0.2) is 13.6 Å². The van der Waals surface area contributed by atoms with Gasteiger partial charge in [0.1, 0.15) is 0 Å². The number of hydrogen-bond acceptors (Lipinski definition) is 5. The Bertz CT molecular complexity index is 1020. The molecule has 0 aromatic heterocycles. The molecule has 1 aliphatic rings. The van der Waals surface area contributed by atoms with Crippen LogP contribution in [0.2, 0.25) is 5.02 Å². The number of hydrogen-bond donors (Lipinski definition) is 2. The van der Waals surface area contributed by atoms with Crippen LogP contribution in [0.15, 0.2) is 47.4 Å². The summed E-state index contributed by atoms with van der Waals surface area (Å²) in [6.07, 6.45) is 0.616. The minimum absolute atomic E-state index is 0.00598. The van der Waals surface area contributed by atoms with Gasteiger partial charge in [-0.3, -0.25) is 9.69 Å². The normalized spacial score (nSPS) is 16.2. The number of nitrogens with one attached hydrogen (secondary N) is 1. The van der Waals surface area contributed by atoms with Crippen LogP contribution in [0.25, 0.3) is 0 Å². The number of amides is 1. The number of benzene rings is 2. The molecule has 0 saturated carbocycles. The van der Waals surface area contributed by atoms with Crippen LogP contribution in [0.5, 0.6) is 0 Å². The average molecular weight is 465 g/mol. The van der Waals surface area contributed by atoms with Crippen LogP contribution in [0.4, 0.5) is 5.69 Å². The van der Waals surface area contributed by atoms with Gasteiger partial charge < -0.3 is 10.2 Å². The molecule has 1 saturated heterocycles. The molecular weight excluding hydrogens is 436 g/mol. The van der Waals surface area contributed by atoms with Crippen LogP contribution in [0.3, 0.4) is 0 Å². The van der Waals surface area contributed by atoms with E-state index < -0.39 is 10.0 Å². The molecule has 168 valence electrons. The number of carbonyl (C=O) groups is 1. The predicted octanol–water partition coefficient (Wildman–Crippen LogP) is 2.17. The van der Waals surface area contributed by atoms with Crippen LogP contribution in [-0.4, -0.2) is 58.0 Å². The first kappa shape index (κ1) is 23.5. The Hall–Kier alpha value is -2.13. The lowest BCUT2D eigenvalue weighted by Gasteiger charge is -2.39. The lowest BCUT2D eigenvalue weighted by molar-refractivity contribution is -0.125.